The SMILES string of the molecule is O=[N+]([O-])c1ccc(Cl)c(CS(=O)(=O)Cc2cc([N+](=O)[O-])ccc2Cl)c1. The molecule has 25 heavy (non-hydrogen) atoms. The van der Waals surface area contributed by atoms with Crippen molar-refractivity contribution >= 4 is 44.4 Å². The minimum Gasteiger partial charge on any atom is -0.258 e. The maximum Gasteiger partial charge on any atom is 0.269 e. The number of nitro groups is 2. The van der Waals surface area contributed by atoms with E-state index in [-0.39, 0.29) is 32.5 Å². The van der Waals surface area contributed by atoms with Gasteiger partial charge >= 0.3 is 0 Å². The van der Waals surface area contributed by atoms with E-state index in [1.54, 1.807) is 0 Å². The number of hydrogen-bond acceptors (Lipinski definition) is 6. The van der Waals surface area contributed by atoms with Crippen molar-refractivity contribution < 1.29 is 18.3 Å². The largest absolute Gasteiger partial charge is 0.269 e. The van der Waals surface area contributed by atoms with Crippen molar-refractivity contribution in [1.82, 2.24) is 0 Å². The number of hydrogen-bond donors (Lipinski definition) is 0. The molecule has 2 aromatic carbocycles. The summed E-state index contributed by atoms with van der Waals surface area (Å²) in [5, 5.41) is 21.7. The smallest absolute Gasteiger partial charge is 0.258 e. The number of non-ortho nitro benzene ring substituents is 2. The fourth-order valence-corrected chi connectivity index (χ4v) is 4.15. The Kier molecular flexibility index (Phi) is 5.61. The van der Waals surface area contributed by atoms with Crippen molar-refractivity contribution in [2.45, 2.75) is 11.5 Å². The molecule has 0 atom stereocenters. The third-order valence-corrected chi connectivity index (χ3v) is 5.47. The van der Waals surface area contributed by atoms with E-state index in [9.17, 15) is 28.6 Å². The molecule has 132 valence electrons. The molecule has 0 spiro atoms. The average Bonchev–Trinajstić information content (AvgIpc) is 2.50. The van der Waals surface area contributed by atoms with Crippen molar-refractivity contribution in [1.29, 1.82) is 0 Å². The van der Waals surface area contributed by atoms with E-state index in [2.05, 4.69) is 0 Å². The van der Waals surface area contributed by atoms with E-state index in [1.165, 1.54) is 12.1 Å². The minimum absolute atomic E-state index is 0.0671. The molecule has 8 nitrogen and oxygen atoms in total. The Morgan fingerprint density at radius 3 is 1.48 bits per heavy atom. The zero-order chi connectivity index (χ0) is 18.8. The normalized spacial score (nSPS) is 11.3. The summed E-state index contributed by atoms with van der Waals surface area (Å²) in [4.78, 5) is 20.3. The number of rotatable bonds is 6. The quantitative estimate of drug-likeness (QED) is 0.531. The van der Waals surface area contributed by atoms with Gasteiger partial charge in [0.2, 0.25) is 0 Å². The van der Waals surface area contributed by atoms with Crippen LogP contribution in [0, 0.1) is 20.2 Å². The Bertz CT molecular complexity index is 890. The molecule has 11 heteroatoms. The van der Waals surface area contributed by atoms with Crippen LogP contribution < -0.4 is 0 Å². The fourth-order valence-electron chi connectivity index (χ4n) is 2.10. The lowest BCUT2D eigenvalue weighted by molar-refractivity contribution is -0.385. The molecular formula is C14H10Cl2N2O6S. The van der Waals surface area contributed by atoms with Gasteiger partial charge in [-0.2, -0.15) is 0 Å². The van der Waals surface area contributed by atoms with Crippen LogP contribution in [0.15, 0.2) is 36.4 Å². The molecule has 0 aliphatic rings. The van der Waals surface area contributed by atoms with E-state index < -0.39 is 31.2 Å². The highest BCUT2D eigenvalue weighted by Crippen LogP contribution is 2.28. The second-order valence-electron chi connectivity index (χ2n) is 5.10. The maximum atomic E-state index is 12.4. The molecule has 0 fully saturated rings. The summed E-state index contributed by atoms with van der Waals surface area (Å²) in [5.41, 5.74) is -0.444. The molecule has 0 aromatic heterocycles. The first kappa shape index (κ1) is 19.1. The summed E-state index contributed by atoms with van der Waals surface area (Å²) in [7, 11) is -3.83. The van der Waals surface area contributed by atoms with Crippen LogP contribution in [0.5, 0.6) is 0 Å². The number of benzene rings is 2. The number of sulfone groups is 1. The summed E-state index contributed by atoms with van der Waals surface area (Å²) in [6, 6.07) is 6.96. The first-order valence-electron chi connectivity index (χ1n) is 6.65. The van der Waals surface area contributed by atoms with Gasteiger partial charge in [0.15, 0.2) is 9.84 Å². The van der Waals surface area contributed by atoms with Gasteiger partial charge in [-0.25, -0.2) is 8.42 Å². The molecule has 0 saturated carbocycles. The topological polar surface area (TPSA) is 120 Å². The van der Waals surface area contributed by atoms with Gasteiger partial charge in [0.25, 0.3) is 11.4 Å². The highest BCUT2D eigenvalue weighted by atomic mass is 35.5. The predicted octanol–water partition coefficient (Wildman–Crippen LogP) is 3.92. The van der Waals surface area contributed by atoms with E-state index in [0.29, 0.717) is 0 Å². The Morgan fingerprint density at radius 2 is 1.16 bits per heavy atom. The van der Waals surface area contributed by atoms with Gasteiger partial charge in [-0.1, -0.05) is 23.2 Å². The highest BCUT2D eigenvalue weighted by molar-refractivity contribution is 7.89. The van der Waals surface area contributed by atoms with Gasteiger partial charge in [-0.05, 0) is 23.3 Å². The maximum absolute atomic E-state index is 12.4. The number of halogens is 2. The molecule has 0 aliphatic heterocycles. The monoisotopic (exact) mass is 404 g/mol. The van der Waals surface area contributed by atoms with Crippen LogP contribution in [0.1, 0.15) is 11.1 Å². The van der Waals surface area contributed by atoms with E-state index in [0.717, 1.165) is 24.3 Å². The van der Waals surface area contributed by atoms with Crippen LogP contribution in [0.2, 0.25) is 10.0 Å². The van der Waals surface area contributed by atoms with Crippen LogP contribution >= 0.6 is 23.2 Å². The lowest BCUT2D eigenvalue weighted by atomic mass is 10.2. The van der Waals surface area contributed by atoms with Crippen molar-refractivity contribution in [3.05, 3.63) is 77.8 Å². The molecule has 2 rings (SSSR count). The second kappa shape index (κ2) is 7.34. The van der Waals surface area contributed by atoms with Crippen LogP contribution in [0.3, 0.4) is 0 Å². The predicted molar refractivity (Wildman–Crippen MR) is 92.5 cm³/mol. The van der Waals surface area contributed by atoms with E-state index >= 15 is 0 Å². The average molecular weight is 405 g/mol. The van der Waals surface area contributed by atoms with Gasteiger partial charge in [-0.3, -0.25) is 20.2 Å². The Balaban J connectivity index is 2.32. The van der Waals surface area contributed by atoms with Gasteiger partial charge < -0.3 is 0 Å². The molecule has 0 aliphatic carbocycles. The summed E-state index contributed by atoms with van der Waals surface area (Å²) < 4.78 is 24.8. The van der Waals surface area contributed by atoms with Crippen molar-refractivity contribution in [2.75, 3.05) is 0 Å². The summed E-state index contributed by atoms with van der Waals surface area (Å²) in [5.74, 6) is -1.13. The number of nitrogens with zero attached hydrogens (tertiary/aromatic N) is 2. The standard InChI is InChI=1S/C14H10Cl2N2O6S/c15-13-3-1-11(17(19)20)5-9(13)7-25(23,24)8-10-6-12(18(21)22)2-4-14(10)16/h1-6H,7-8H2. The van der Waals surface area contributed by atoms with Gasteiger partial charge in [-0.15, -0.1) is 0 Å². The summed E-state index contributed by atoms with van der Waals surface area (Å²) in [6.07, 6.45) is 0. The molecular weight excluding hydrogens is 395 g/mol. The fraction of sp³-hybridized carbons (Fsp3) is 0.143. The Hall–Kier alpha value is -2.23. The van der Waals surface area contributed by atoms with Gasteiger partial charge in [0.1, 0.15) is 0 Å². The minimum atomic E-state index is -3.83. The van der Waals surface area contributed by atoms with E-state index in [1.807, 2.05) is 0 Å². The molecule has 0 unspecified atom stereocenters. The summed E-state index contributed by atoms with van der Waals surface area (Å²) >= 11 is 11.8. The first-order chi connectivity index (χ1) is 11.6. The Labute approximate surface area is 152 Å². The third-order valence-electron chi connectivity index (χ3n) is 3.23. The third kappa shape index (κ3) is 4.88. The summed E-state index contributed by atoms with van der Waals surface area (Å²) in [6.45, 7) is 0. The van der Waals surface area contributed by atoms with E-state index in [4.69, 9.17) is 23.2 Å². The highest BCUT2D eigenvalue weighted by Gasteiger charge is 2.20. The van der Waals surface area contributed by atoms with Gasteiger partial charge in [0, 0.05) is 34.3 Å². The van der Waals surface area contributed by atoms with Crippen LogP contribution in [0.4, 0.5) is 11.4 Å². The number of nitro benzene ring substituents is 2. The zero-order valence-electron chi connectivity index (χ0n) is 12.4. The second-order valence-corrected chi connectivity index (χ2v) is 7.98. The van der Waals surface area contributed by atoms with Crippen LogP contribution in [0.25, 0.3) is 0 Å². The molecule has 0 N–H and O–H groups in total. The lowest BCUT2D eigenvalue weighted by Gasteiger charge is -2.08. The Morgan fingerprint density at radius 1 is 0.800 bits per heavy atom. The van der Waals surface area contributed by atoms with Crippen molar-refractivity contribution in [3.63, 3.8) is 0 Å². The first-order valence-corrected chi connectivity index (χ1v) is 9.23. The van der Waals surface area contributed by atoms with Crippen molar-refractivity contribution in [2.24, 2.45) is 0 Å². The molecule has 2 aromatic rings. The van der Waals surface area contributed by atoms with Crippen molar-refractivity contribution in [3.8, 4) is 0 Å². The van der Waals surface area contributed by atoms with Crippen LogP contribution in [-0.4, -0.2) is 18.3 Å². The molecule has 0 heterocycles. The molecule has 0 bridgehead atoms. The zero-order valence-corrected chi connectivity index (χ0v) is 14.7. The molecule has 0 amide bonds. The molecule has 0 radical (unpaired) electrons. The molecule has 0 saturated heterocycles. The van der Waals surface area contributed by atoms with Gasteiger partial charge in [0.05, 0.1) is 21.4 Å². The van der Waals surface area contributed by atoms with Crippen LogP contribution in [-0.2, 0) is 21.3 Å². The lowest BCUT2D eigenvalue weighted by Crippen LogP contribution is -2.09.